The standard InChI is InChI=1S/C23H19Cl3N2O5/c24-16-6-1-2-7-19(16)27-20(29)11-33-23(32)12-4-3-5-13(8-12)28-21(30)14-9-17(25)18(26)10-15(14)22(28)31/h1-8,14-15,17-18H,9-11H2,(H,27,29)/t14-,15-,17-,18+/m1/s1. The second-order valence-corrected chi connectivity index (χ2v) is 9.41. The normalized spacial score (nSPS) is 24.4. The van der Waals surface area contributed by atoms with E-state index in [1.807, 2.05) is 0 Å². The maximum absolute atomic E-state index is 12.9. The number of hydrogen-bond acceptors (Lipinski definition) is 5. The third kappa shape index (κ3) is 4.86. The number of hydrogen-bond donors (Lipinski definition) is 1. The van der Waals surface area contributed by atoms with Crippen LogP contribution in [-0.4, -0.2) is 41.1 Å². The number of ether oxygens (including phenoxy) is 1. The van der Waals surface area contributed by atoms with Crippen molar-refractivity contribution in [1.29, 1.82) is 0 Å². The lowest BCUT2D eigenvalue weighted by molar-refractivity contribution is -0.122. The zero-order valence-corrected chi connectivity index (χ0v) is 19.4. The predicted octanol–water partition coefficient (Wildman–Crippen LogP) is 4.25. The van der Waals surface area contributed by atoms with Gasteiger partial charge in [-0.05, 0) is 43.2 Å². The van der Waals surface area contributed by atoms with Gasteiger partial charge in [-0.1, -0.05) is 29.8 Å². The van der Waals surface area contributed by atoms with Gasteiger partial charge in [-0.2, -0.15) is 0 Å². The van der Waals surface area contributed by atoms with Crippen molar-refractivity contribution >= 4 is 69.9 Å². The van der Waals surface area contributed by atoms with E-state index in [9.17, 15) is 19.2 Å². The summed E-state index contributed by atoms with van der Waals surface area (Å²) in [5.41, 5.74) is 0.749. The number of imide groups is 1. The molecule has 4 atom stereocenters. The van der Waals surface area contributed by atoms with Crippen LogP contribution in [0, 0.1) is 11.8 Å². The number of anilines is 2. The number of alkyl halides is 2. The van der Waals surface area contributed by atoms with Gasteiger partial charge in [0, 0.05) is 0 Å². The molecule has 1 aliphatic heterocycles. The highest BCUT2D eigenvalue weighted by Crippen LogP contribution is 2.43. The molecule has 0 radical (unpaired) electrons. The fourth-order valence-electron chi connectivity index (χ4n) is 4.08. The quantitative estimate of drug-likeness (QED) is 0.370. The lowest BCUT2D eigenvalue weighted by atomic mass is 9.80. The molecule has 10 heteroatoms. The Morgan fingerprint density at radius 3 is 2.24 bits per heavy atom. The minimum Gasteiger partial charge on any atom is -0.452 e. The lowest BCUT2D eigenvalue weighted by Crippen LogP contribution is -2.34. The topological polar surface area (TPSA) is 92.8 Å². The van der Waals surface area contributed by atoms with Crippen LogP contribution >= 0.6 is 34.8 Å². The summed E-state index contributed by atoms with van der Waals surface area (Å²) < 4.78 is 5.08. The maximum atomic E-state index is 12.9. The third-order valence-corrected chi connectivity index (χ3v) is 7.16. The van der Waals surface area contributed by atoms with Crippen LogP contribution in [0.25, 0.3) is 0 Å². The number of carbonyl (C=O) groups excluding carboxylic acids is 4. The van der Waals surface area contributed by atoms with Gasteiger partial charge < -0.3 is 10.1 Å². The molecular formula is C23H19Cl3N2O5. The number of halogens is 3. The number of esters is 1. The van der Waals surface area contributed by atoms with Crippen molar-refractivity contribution in [2.24, 2.45) is 11.8 Å². The molecule has 0 bridgehead atoms. The fourth-order valence-corrected chi connectivity index (χ4v) is 4.86. The van der Waals surface area contributed by atoms with E-state index in [1.54, 1.807) is 30.3 Å². The molecule has 2 aliphatic rings. The van der Waals surface area contributed by atoms with Gasteiger partial charge in [0.1, 0.15) is 0 Å². The van der Waals surface area contributed by atoms with Crippen molar-refractivity contribution < 1.29 is 23.9 Å². The van der Waals surface area contributed by atoms with Gasteiger partial charge in [0.2, 0.25) is 11.8 Å². The van der Waals surface area contributed by atoms with Gasteiger partial charge in [-0.25, -0.2) is 4.79 Å². The van der Waals surface area contributed by atoms with E-state index in [4.69, 9.17) is 39.5 Å². The molecule has 2 aromatic rings. The zero-order valence-electron chi connectivity index (χ0n) is 17.2. The Hall–Kier alpha value is -2.61. The predicted molar refractivity (Wildman–Crippen MR) is 125 cm³/mol. The van der Waals surface area contributed by atoms with Gasteiger partial charge >= 0.3 is 5.97 Å². The molecule has 4 rings (SSSR count). The highest BCUT2D eigenvalue weighted by atomic mass is 35.5. The average molecular weight is 510 g/mol. The number of rotatable bonds is 5. The largest absolute Gasteiger partial charge is 0.452 e. The third-order valence-electron chi connectivity index (χ3n) is 5.73. The fraction of sp³-hybridized carbons (Fsp3) is 0.304. The molecule has 0 spiro atoms. The van der Waals surface area contributed by atoms with Crippen LogP contribution in [0.5, 0.6) is 0 Å². The summed E-state index contributed by atoms with van der Waals surface area (Å²) in [6.45, 7) is -0.534. The van der Waals surface area contributed by atoms with Crippen LogP contribution < -0.4 is 10.2 Å². The van der Waals surface area contributed by atoms with Crippen molar-refractivity contribution in [1.82, 2.24) is 0 Å². The van der Waals surface area contributed by atoms with Gasteiger partial charge in [-0.3, -0.25) is 19.3 Å². The van der Waals surface area contributed by atoms with Crippen LogP contribution in [0.15, 0.2) is 48.5 Å². The summed E-state index contributed by atoms with van der Waals surface area (Å²) in [5, 5.41) is 2.13. The molecule has 3 amide bonds. The van der Waals surface area contributed by atoms with E-state index >= 15 is 0 Å². The minimum atomic E-state index is -0.774. The number of fused-ring (bicyclic) bond motifs is 1. The highest BCUT2D eigenvalue weighted by molar-refractivity contribution is 6.33. The smallest absolute Gasteiger partial charge is 0.338 e. The summed E-state index contributed by atoms with van der Waals surface area (Å²) in [7, 11) is 0. The number of amides is 3. The average Bonchev–Trinajstić information content (AvgIpc) is 3.03. The molecule has 0 unspecified atom stereocenters. The van der Waals surface area contributed by atoms with Crippen LogP contribution in [-0.2, 0) is 19.1 Å². The first-order chi connectivity index (χ1) is 15.8. The molecule has 1 N–H and O–H groups in total. The van der Waals surface area contributed by atoms with E-state index in [0.29, 0.717) is 23.6 Å². The van der Waals surface area contributed by atoms with Crippen molar-refractivity contribution in [3.05, 3.63) is 59.1 Å². The first-order valence-corrected chi connectivity index (χ1v) is 11.5. The second kappa shape index (κ2) is 9.71. The SMILES string of the molecule is O=C(COC(=O)c1cccc(N2C(=O)[C@@H]3C[C@@H](Cl)[C@@H](Cl)C[C@H]3C2=O)c1)Nc1ccccc1Cl. The molecule has 2 aromatic carbocycles. The maximum Gasteiger partial charge on any atom is 0.338 e. The molecular weight excluding hydrogens is 491 g/mol. The molecule has 1 saturated carbocycles. The lowest BCUT2D eigenvalue weighted by Gasteiger charge is -2.28. The zero-order chi connectivity index (χ0) is 23.7. The Kier molecular flexibility index (Phi) is 6.93. The van der Waals surface area contributed by atoms with Crippen molar-refractivity contribution in [2.75, 3.05) is 16.8 Å². The number of para-hydroxylation sites is 1. The van der Waals surface area contributed by atoms with Crippen LogP contribution in [0.4, 0.5) is 11.4 Å². The van der Waals surface area contributed by atoms with Crippen molar-refractivity contribution in [2.45, 2.75) is 23.6 Å². The Bertz CT molecular complexity index is 1100. The number of nitrogens with one attached hydrogen (secondary N) is 1. The number of carbonyl (C=O) groups is 4. The van der Waals surface area contributed by atoms with Crippen LogP contribution in [0.1, 0.15) is 23.2 Å². The van der Waals surface area contributed by atoms with Gasteiger partial charge in [0.15, 0.2) is 6.61 Å². The Labute approximate surface area is 204 Å². The molecule has 7 nitrogen and oxygen atoms in total. The Morgan fingerprint density at radius 1 is 0.970 bits per heavy atom. The van der Waals surface area contributed by atoms with Gasteiger partial charge in [0.05, 0.1) is 44.6 Å². The highest BCUT2D eigenvalue weighted by Gasteiger charge is 2.52. The second-order valence-electron chi connectivity index (χ2n) is 7.88. The number of benzene rings is 2. The molecule has 1 aliphatic carbocycles. The molecule has 0 aromatic heterocycles. The molecule has 1 heterocycles. The summed E-state index contributed by atoms with van der Waals surface area (Å²) in [4.78, 5) is 51.5. The number of nitrogens with zero attached hydrogens (tertiary/aromatic N) is 1. The van der Waals surface area contributed by atoms with Crippen molar-refractivity contribution in [3.63, 3.8) is 0 Å². The summed E-state index contributed by atoms with van der Waals surface area (Å²) >= 11 is 18.4. The first-order valence-electron chi connectivity index (χ1n) is 10.2. The molecule has 33 heavy (non-hydrogen) atoms. The van der Waals surface area contributed by atoms with E-state index in [-0.39, 0.29) is 33.8 Å². The van der Waals surface area contributed by atoms with Crippen LogP contribution in [0.3, 0.4) is 0 Å². The summed E-state index contributed by atoms with van der Waals surface area (Å²) in [5.74, 6) is -3.11. The summed E-state index contributed by atoms with van der Waals surface area (Å²) in [6, 6.07) is 12.6. The van der Waals surface area contributed by atoms with E-state index in [0.717, 1.165) is 4.90 Å². The van der Waals surface area contributed by atoms with Gasteiger partial charge in [-0.15, -0.1) is 23.2 Å². The van der Waals surface area contributed by atoms with E-state index in [1.165, 1.54) is 18.2 Å². The monoisotopic (exact) mass is 508 g/mol. The Morgan fingerprint density at radius 2 is 1.61 bits per heavy atom. The van der Waals surface area contributed by atoms with Crippen LogP contribution in [0.2, 0.25) is 5.02 Å². The van der Waals surface area contributed by atoms with Crippen molar-refractivity contribution in [3.8, 4) is 0 Å². The minimum absolute atomic E-state index is 0.0963. The first kappa shape index (κ1) is 23.5. The van der Waals surface area contributed by atoms with E-state index in [2.05, 4.69) is 5.32 Å². The summed E-state index contributed by atoms with van der Waals surface area (Å²) in [6.07, 6.45) is 0.646. The molecule has 1 saturated heterocycles. The van der Waals surface area contributed by atoms with E-state index < -0.39 is 30.3 Å². The Balaban J connectivity index is 1.43. The molecule has 172 valence electrons. The van der Waals surface area contributed by atoms with Gasteiger partial charge in [0.25, 0.3) is 5.91 Å². The molecule has 2 fully saturated rings.